The molecule has 0 spiro atoms. The largest absolute Gasteiger partial charge is 0.678 e. The Balaban J connectivity index is -0.0000000616. The Morgan fingerprint density at radius 3 is 0.478 bits per heavy atom. The van der Waals surface area contributed by atoms with Gasteiger partial charge in [0.2, 0.25) is 0 Å². The predicted octanol–water partition coefficient (Wildman–Crippen LogP) is 9.98. The average Bonchev–Trinajstić information content (AvgIpc) is 2.88. The Kier molecular flexibility index (Phi) is 50.3. The van der Waals surface area contributed by atoms with E-state index in [0.717, 1.165) is 0 Å². The van der Waals surface area contributed by atoms with Gasteiger partial charge >= 0.3 is 32.4 Å². The molecule has 0 unspecified atom stereocenters. The lowest BCUT2D eigenvalue weighted by Crippen LogP contribution is -2.45. The third-order valence-corrected chi connectivity index (χ3v) is 11.1. The molecule has 0 atom stereocenters. The summed E-state index contributed by atoms with van der Waals surface area (Å²) in [5, 5.41) is 0. The second kappa shape index (κ2) is 34.6. The molecule has 0 fully saturated rings. The van der Waals surface area contributed by atoms with Gasteiger partial charge in [-0.3, -0.25) is 0 Å². The lowest BCUT2D eigenvalue weighted by Gasteiger charge is -2.19. The van der Waals surface area contributed by atoms with Gasteiger partial charge in [0.1, 0.15) is 14.8 Å². The van der Waals surface area contributed by atoms with Crippen molar-refractivity contribution in [3.05, 3.63) is 0 Å². The molecule has 0 aliphatic carbocycles. The first-order valence-electron chi connectivity index (χ1n) is 13.6. The van der Waals surface area contributed by atoms with E-state index in [2.05, 4.69) is 58.9 Å². The summed E-state index contributed by atoms with van der Waals surface area (Å²) in [4.78, 5) is 0. The van der Waals surface area contributed by atoms with Crippen molar-refractivity contribution < 1.29 is 44.3 Å². The van der Waals surface area contributed by atoms with Crippen molar-refractivity contribution in [2.75, 3.05) is 71.1 Å². The van der Waals surface area contributed by atoms with E-state index >= 15 is 0 Å². The third-order valence-electron chi connectivity index (χ3n) is 3.71. The molecule has 22 heteroatoms. The smallest absolute Gasteiger partial charge is 0.421 e. The first-order chi connectivity index (χ1) is 19.6. The molecule has 0 aliphatic heterocycles. The zero-order valence-electron chi connectivity index (χ0n) is 32.5. The van der Waals surface area contributed by atoms with E-state index in [1.165, 1.54) is 28.4 Å². The van der Waals surface area contributed by atoms with Crippen LogP contribution >= 0.6 is 55.4 Å². The summed E-state index contributed by atoms with van der Waals surface area (Å²) < 4.78 is 49.3. The SMILES string of the molecule is C.CO[Si](C)(C)C.CO[Si](C)(C)OC.CO[Si](C)(OC)OC.CO[Si](OC)(OC)OC.C[Si](C)(C)Cl.C[Si](C)(C)Cl.C[Si](Cl)(Cl)Cl. The zero-order valence-corrected chi connectivity index (χ0v) is 43.3. The van der Waals surface area contributed by atoms with Gasteiger partial charge in [0.05, 0.1) is 0 Å². The third kappa shape index (κ3) is 91.2. The lowest BCUT2D eigenvalue weighted by atomic mass is 11.8. The Morgan fingerprint density at radius 2 is 0.478 bits per heavy atom. The van der Waals surface area contributed by atoms with Gasteiger partial charge < -0.3 is 44.3 Å². The van der Waals surface area contributed by atoms with Gasteiger partial charge in [-0.25, -0.2) is 0 Å². The molecule has 0 N–H and O–H groups in total. The van der Waals surface area contributed by atoms with Crippen LogP contribution in [0.25, 0.3) is 0 Å². The van der Waals surface area contributed by atoms with Gasteiger partial charge in [-0.1, -0.05) is 46.7 Å². The van der Waals surface area contributed by atoms with Crippen LogP contribution in [0.2, 0.25) is 85.1 Å². The summed E-state index contributed by atoms with van der Waals surface area (Å²) in [6.45, 7) is 26.5. The van der Waals surface area contributed by atoms with Crippen LogP contribution in [0.15, 0.2) is 0 Å². The maximum atomic E-state index is 5.67. The summed E-state index contributed by atoms with van der Waals surface area (Å²) >= 11 is 26.9. The molecule has 0 saturated carbocycles. The Bertz CT molecular complexity index is 540. The van der Waals surface area contributed by atoms with Crippen LogP contribution in [0.5, 0.6) is 0 Å². The summed E-state index contributed by atoms with van der Waals surface area (Å²) in [6, 6.07) is -2.19. The summed E-state index contributed by atoms with van der Waals surface area (Å²) in [5.41, 5.74) is 0. The van der Waals surface area contributed by atoms with Crippen molar-refractivity contribution in [1.29, 1.82) is 0 Å². The second-order valence-corrected chi connectivity index (χ2v) is 50.8. The van der Waals surface area contributed by atoms with E-state index in [1.807, 2.05) is 19.6 Å². The number of hydrogen-bond donors (Lipinski definition) is 0. The Labute approximate surface area is 316 Å². The van der Waals surface area contributed by atoms with Crippen molar-refractivity contribution in [3.8, 4) is 0 Å². The van der Waals surface area contributed by atoms with Crippen LogP contribution in [0.3, 0.4) is 0 Å². The van der Waals surface area contributed by atoms with Crippen LogP contribution in [0.4, 0.5) is 0 Å². The lowest BCUT2D eigenvalue weighted by molar-refractivity contribution is 0.0226. The highest BCUT2D eigenvalue weighted by Gasteiger charge is 2.40. The molecule has 0 heterocycles. The predicted molar refractivity (Wildman–Crippen MR) is 223 cm³/mol. The van der Waals surface area contributed by atoms with Crippen molar-refractivity contribution in [1.82, 2.24) is 0 Å². The van der Waals surface area contributed by atoms with Crippen molar-refractivity contribution in [3.63, 3.8) is 0 Å². The number of rotatable bonds is 10. The highest BCUT2D eigenvalue weighted by molar-refractivity contribution is 7.64. The minimum atomic E-state index is -2.69. The minimum Gasteiger partial charge on any atom is -0.421 e. The average molecular weight is 896 g/mol. The molecule has 0 bridgehead atoms. The molecule has 0 aliphatic rings. The maximum Gasteiger partial charge on any atom is 0.678 e. The van der Waals surface area contributed by atoms with E-state index in [9.17, 15) is 0 Å². The van der Waals surface area contributed by atoms with Gasteiger partial charge in [-0.15, -0.1) is 33.2 Å². The van der Waals surface area contributed by atoms with E-state index in [4.69, 9.17) is 99.7 Å². The quantitative estimate of drug-likeness (QED) is 0.156. The molecule has 0 aromatic rings. The molecule has 46 heavy (non-hydrogen) atoms. The Morgan fingerprint density at radius 1 is 0.326 bits per heavy atom. The van der Waals surface area contributed by atoms with Crippen molar-refractivity contribution >= 4 is 111 Å². The zero-order chi connectivity index (χ0) is 38.6. The molecule has 292 valence electrons. The molecule has 0 rings (SSSR count). The van der Waals surface area contributed by atoms with Gasteiger partial charge in [-0.05, 0) is 39.3 Å². The van der Waals surface area contributed by atoms with Gasteiger partial charge in [0.25, 0.3) is 0 Å². The highest BCUT2D eigenvalue weighted by atomic mass is 35.8. The van der Waals surface area contributed by atoms with E-state index < -0.39 is 55.5 Å². The van der Waals surface area contributed by atoms with E-state index in [1.54, 1.807) is 49.2 Å². The Hall–Kier alpha value is 2.57. The fourth-order valence-electron chi connectivity index (χ4n) is 0.833. The fourth-order valence-corrected chi connectivity index (χ4v) is 2.50. The second-order valence-electron chi connectivity index (χ2n) is 11.8. The topological polar surface area (TPSA) is 92.3 Å². The number of halogens is 5. The minimum absolute atomic E-state index is 0. The molecule has 0 aromatic carbocycles. The molecular formula is C24H73Cl5O10Si7. The van der Waals surface area contributed by atoms with Crippen LogP contribution in [-0.4, -0.2) is 127 Å². The van der Waals surface area contributed by atoms with Crippen LogP contribution in [-0.2, 0) is 44.3 Å². The first-order valence-corrected chi connectivity index (χ1v) is 38.2. The van der Waals surface area contributed by atoms with E-state index in [0.29, 0.717) is 0 Å². The summed E-state index contributed by atoms with van der Waals surface area (Å²) in [5.74, 6) is 0. The van der Waals surface area contributed by atoms with E-state index in [-0.39, 0.29) is 7.43 Å². The molecule has 10 nitrogen and oxygen atoms in total. The van der Waals surface area contributed by atoms with Gasteiger partial charge in [-0.2, -0.15) is 22.2 Å². The monoisotopic (exact) mass is 892 g/mol. The van der Waals surface area contributed by atoms with Crippen molar-refractivity contribution in [2.45, 2.75) is 92.5 Å². The van der Waals surface area contributed by atoms with Crippen LogP contribution in [0.1, 0.15) is 7.43 Å². The molecular weight excluding hydrogens is 822 g/mol. The van der Waals surface area contributed by atoms with Crippen LogP contribution < -0.4 is 0 Å². The van der Waals surface area contributed by atoms with Gasteiger partial charge in [0.15, 0.2) is 8.32 Å². The maximum absolute atomic E-state index is 5.67. The first kappa shape index (κ1) is 66.8. The van der Waals surface area contributed by atoms with Crippen LogP contribution in [0, 0.1) is 0 Å². The molecule has 0 radical (unpaired) electrons. The fraction of sp³-hybridized carbons (Fsp3) is 1.00. The summed E-state index contributed by atoms with van der Waals surface area (Å²) in [6.07, 6.45) is 0. The number of hydrogen-bond acceptors (Lipinski definition) is 10. The standard InChI is InChI=1S/C4H12O4Si.C4H12O3Si.C4H12O2Si.C4H12OSi.2C3H9ClSi.CH3Cl3Si.CH4/c1-5-9(6-2,7-3)8-4;1-5-8(4,6-2)7-3;1-5-7(3,4)6-2;1-5-6(2,3)4;3*1-5(2,3)4;/h1-4H3;1-4H3;1-4H3;1-4H3;2*1-3H3;1H3;1H4. The molecule has 0 aromatic heterocycles. The van der Waals surface area contributed by atoms with Gasteiger partial charge in [0, 0.05) is 77.6 Å². The molecule has 0 amide bonds. The summed E-state index contributed by atoms with van der Waals surface area (Å²) in [7, 11) is 5.90. The highest BCUT2D eigenvalue weighted by Crippen LogP contribution is 2.17. The molecule has 0 saturated heterocycles. The normalized spacial score (nSPS) is 11.7. The van der Waals surface area contributed by atoms with Crippen molar-refractivity contribution in [2.24, 2.45) is 0 Å².